The van der Waals surface area contributed by atoms with Gasteiger partial charge in [-0.05, 0) is 32.0 Å². The number of benzene rings is 1. The lowest BCUT2D eigenvalue weighted by Crippen LogP contribution is -2.13. The molecule has 0 aliphatic carbocycles. The molecule has 1 N–H and O–H groups in total. The Morgan fingerprint density at radius 3 is 2.65 bits per heavy atom. The summed E-state index contributed by atoms with van der Waals surface area (Å²) in [6.45, 7) is 3.73. The fourth-order valence-corrected chi connectivity index (χ4v) is 3.83. The number of hydrogen-bond acceptors (Lipinski definition) is 8. The van der Waals surface area contributed by atoms with Crippen LogP contribution in [0.3, 0.4) is 0 Å². The normalized spacial score (nSPS) is 10.9. The highest BCUT2D eigenvalue weighted by Gasteiger charge is 2.20. The standard InChI is InChI=1S/C22H19N3O5S/c1-12-13(2)30-20-16(12)18(23-19(26)14-7-5-4-6-8-14)24-22(25-20)31-11-15-9-10-29-17(15)21(27)28-3/h4-10H,11H2,1-3H3,(H,23,24,25,26). The minimum Gasteiger partial charge on any atom is -0.463 e. The van der Waals surface area contributed by atoms with Crippen molar-refractivity contribution in [3.8, 4) is 0 Å². The molecule has 0 saturated carbocycles. The number of nitrogens with zero attached hydrogens (tertiary/aromatic N) is 2. The Morgan fingerprint density at radius 2 is 1.90 bits per heavy atom. The Bertz CT molecular complexity index is 1260. The van der Waals surface area contributed by atoms with Gasteiger partial charge in [0.1, 0.15) is 11.6 Å². The number of furan rings is 2. The molecule has 0 bridgehead atoms. The maximum atomic E-state index is 12.7. The smallest absolute Gasteiger partial charge is 0.374 e. The van der Waals surface area contributed by atoms with Crippen LogP contribution in [0.15, 0.2) is 56.7 Å². The molecule has 9 heteroatoms. The number of ether oxygens (including phenoxy) is 1. The van der Waals surface area contributed by atoms with Crippen LogP contribution in [0.1, 0.15) is 37.8 Å². The van der Waals surface area contributed by atoms with Gasteiger partial charge in [0.05, 0.1) is 18.8 Å². The summed E-state index contributed by atoms with van der Waals surface area (Å²) in [7, 11) is 1.29. The Hall–Kier alpha value is -3.59. The van der Waals surface area contributed by atoms with Crippen LogP contribution in [0.25, 0.3) is 11.1 Å². The third-order valence-electron chi connectivity index (χ3n) is 4.75. The predicted octanol–water partition coefficient (Wildman–Crippen LogP) is 4.76. The minimum absolute atomic E-state index is 0.137. The van der Waals surface area contributed by atoms with Crippen molar-refractivity contribution in [2.24, 2.45) is 0 Å². The fourth-order valence-electron chi connectivity index (χ4n) is 3.02. The van der Waals surface area contributed by atoms with E-state index in [1.807, 2.05) is 19.9 Å². The second-order valence-corrected chi connectivity index (χ2v) is 7.64. The number of hydrogen-bond donors (Lipinski definition) is 1. The summed E-state index contributed by atoms with van der Waals surface area (Å²) >= 11 is 1.29. The lowest BCUT2D eigenvalue weighted by molar-refractivity contribution is 0.0563. The summed E-state index contributed by atoms with van der Waals surface area (Å²) in [5.41, 5.74) is 2.42. The predicted molar refractivity (Wildman–Crippen MR) is 115 cm³/mol. The lowest BCUT2D eigenvalue weighted by Gasteiger charge is -2.08. The highest BCUT2D eigenvalue weighted by molar-refractivity contribution is 7.98. The van der Waals surface area contributed by atoms with E-state index in [4.69, 9.17) is 13.6 Å². The highest BCUT2D eigenvalue weighted by Crippen LogP contribution is 2.32. The third kappa shape index (κ3) is 4.17. The first-order chi connectivity index (χ1) is 15.0. The molecule has 0 saturated heterocycles. The average Bonchev–Trinajstić information content (AvgIpc) is 3.36. The Labute approximate surface area is 182 Å². The van der Waals surface area contributed by atoms with Crippen LogP contribution in [0.2, 0.25) is 0 Å². The van der Waals surface area contributed by atoms with E-state index in [2.05, 4.69) is 15.3 Å². The molecule has 3 heterocycles. The first-order valence-corrected chi connectivity index (χ1v) is 10.4. The van der Waals surface area contributed by atoms with E-state index in [1.165, 1.54) is 25.1 Å². The molecule has 0 aliphatic rings. The van der Waals surface area contributed by atoms with Gasteiger partial charge < -0.3 is 18.9 Å². The monoisotopic (exact) mass is 437 g/mol. The molecule has 4 aromatic rings. The summed E-state index contributed by atoms with van der Waals surface area (Å²) in [6.07, 6.45) is 1.43. The van der Waals surface area contributed by atoms with E-state index in [9.17, 15) is 9.59 Å². The van der Waals surface area contributed by atoms with Gasteiger partial charge in [-0.1, -0.05) is 30.0 Å². The highest BCUT2D eigenvalue weighted by atomic mass is 32.2. The maximum Gasteiger partial charge on any atom is 0.374 e. The molecule has 8 nitrogen and oxygen atoms in total. The molecule has 0 spiro atoms. The second kappa shape index (κ2) is 8.65. The molecule has 0 unspecified atom stereocenters. The SMILES string of the molecule is COC(=O)c1occc1CSc1nc(NC(=O)c2ccccc2)c2c(C)c(C)oc2n1. The lowest BCUT2D eigenvalue weighted by atomic mass is 10.2. The van der Waals surface area contributed by atoms with Gasteiger partial charge >= 0.3 is 5.97 Å². The molecule has 1 aromatic carbocycles. The molecule has 0 radical (unpaired) electrons. The van der Waals surface area contributed by atoms with E-state index in [1.54, 1.807) is 30.3 Å². The van der Waals surface area contributed by atoms with E-state index >= 15 is 0 Å². The van der Waals surface area contributed by atoms with Crippen molar-refractivity contribution in [2.75, 3.05) is 12.4 Å². The average molecular weight is 437 g/mol. The van der Waals surface area contributed by atoms with Crippen molar-refractivity contribution in [1.29, 1.82) is 0 Å². The molecule has 158 valence electrons. The number of carbonyl (C=O) groups is 2. The summed E-state index contributed by atoms with van der Waals surface area (Å²) in [5.74, 6) is 0.749. The van der Waals surface area contributed by atoms with Gasteiger partial charge in [0.2, 0.25) is 11.5 Å². The van der Waals surface area contributed by atoms with Crippen molar-refractivity contribution < 1.29 is 23.2 Å². The molecule has 0 fully saturated rings. The van der Waals surface area contributed by atoms with Crippen LogP contribution < -0.4 is 5.32 Å². The number of anilines is 1. The first kappa shape index (κ1) is 20.7. The Kier molecular flexibility index (Phi) is 5.77. The molecule has 3 aromatic heterocycles. The summed E-state index contributed by atoms with van der Waals surface area (Å²) in [6, 6.07) is 10.6. The molecular formula is C22H19N3O5S. The van der Waals surface area contributed by atoms with Gasteiger partial charge in [-0.3, -0.25) is 4.79 Å². The van der Waals surface area contributed by atoms with E-state index in [-0.39, 0.29) is 11.7 Å². The van der Waals surface area contributed by atoms with Gasteiger partial charge in [0.25, 0.3) is 5.91 Å². The van der Waals surface area contributed by atoms with E-state index in [0.29, 0.717) is 44.7 Å². The quantitative estimate of drug-likeness (QED) is 0.261. The molecule has 4 rings (SSSR count). The Balaban J connectivity index is 1.65. The van der Waals surface area contributed by atoms with E-state index in [0.717, 1.165) is 5.56 Å². The summed E-state index contributed by atoms with van der Waals surface area (Å²) in [4.78, 5) is 33.6. The van der Waals surface area contributed by atoms with Gasteiger partial charge in [-0.2, -0.15) is 4.98 Å². The van der Waals surface area contributed by atoms with Crippen molar-refractivity contribution in [2.45, 2.75) is 24.8 Å². The van der Waals surface area contributed by atoms with Crippen LogP contribution in [-0.2, 0) is 10.5 Å². The number of carbonyl (C=O) groups excluding carboxylic acids is 2. The Morgan fingerprint density at radius 1 is 1.13 bits per heavy atom. The molecule has 0 atom stereocenters. The largest absolute Gasteiger partial charge is 0.463 e. The van der Waals surface area contributed by atoms with E-state index < -0.39 is 5.97 Å². The van der Waals surface area contributed by atoms with Crippen LogP contribution in [0, 0.1) is 13.8 Å². The molecule has 1 amide bonds. The van der Waals surface area contributed by atoms with Crippen LogP contribution in [0.4, 0.5) is 5.82 Å². The number of nitrogens with one attached hydrogen (secondary N) is 1. The van der Waals surface area contributed by atoms with Gasteiger partial charge in [0.15, 0.2) is 5.16 Å². The topological polar surface area (TPSA) is 107 Å². The van der Waals surface area contributed by atoms with Crippen LogP contribution in [0.5, 0.6) is 0 Å². The number of rotatable bonds is 6. The second-order valence-electron chi connectivity index (χ2n) is 6.69. The van der Waals surface area contributed by atoms with Crippen LogP contribution >= 0.6 is 11.8 Å². The minimum atomic E-state index is -0.551. The maximum absolute atomic E-state index is 12.7. The summed E-state index contributed by atoms with van der Waals surface area (Å²) in [5, 5.41) is 3.92. The summed E-state index contributed by atoms with van der Waals surface area (Å²) < 4.78 is 15.7. The zero-order valence-corrected chi connectivity index (χ0v) is 17.9. The molecule has 0 aliphatic heterocycles. The fraction of sp³-hybridized carbons (Fsp3) is 0.182. The number of fused-ring (bicyclic) bond motifs is 1. The van der Waals surface area contributed by atoms with Crippen molar-refractivity contribution in [3.05, 3.63) is 70.9 Å². The van der Waals surface area contributed by atoms with Gasteiger partial charge in [-0.25, -0.2) is 9.78 Å². The number of methoxy groups -OCH3 is 1. The molecule has 31 heavy (non-hydrogen) atoms. The number of thioether (sulfide) groups is 1. The van der Waals surface area contributed by atoms with Crippen molar-refractivity contribution in [3.63, 3.8) is 0 Å². The number of amides is 1. The third-order valence-corrected chi connectivity index (χ3v) is 5.65. The van der Waals surface area contributed by atoms with Gasteiger partial charge in [0, 0.05) is 22.4 Å². The zero-order chi connectivity index (χ0) is 22.0. The number of esters is 1. The van der Waals surface area contributed by atoms with Crippen molar-refractivity contribution >= 4 is 40.6 Å². The number of aromatic nitrogens is 2. The van der Waals surface area contributed by atoms with Gasteiger partial charge in [-0.15, -0.1) is 0 Å². The molecular weight excluding hydrogens is 418 g/mol. The zero-order valence-electron chi connectivity index (χ0n) is 17.1. The van der Waals surface area contributed by atoms with Crippen LogP contribution in [-0.4, -0.2) is 29.0 Å². The first-order valence-electron chi connectivity index (χ1n) is 9.39. The number of aryl methyl sites for hydroxylation is 2. The van der Waals surface area contributed by atoms with Crippen molar-refractivity contribution in [1.82, 2.24) is 9.97 Å².